The fourth-order valence-corrected chi connectivity index (χ4v) is 3.20. The lowest BCUT2D eigenvalue weighted by molar-refractivity contribution is -0.118. The van der Waals surface area contributed by atoms with Crippen LogP contribution in [-0.2, 0) is 11.2 Å². The van der Waals surface area contributed by atoms with Crippen LogP contribution in [0.5, 0.6) is 0 Å². The summed E-state index contributed by atoms with van der Waals surface area (Å²) in [4.78, 5) is 13.8. The second kappa shape index (κ2) is 8.11. The van der Waals surface area contributed by atoms with Crippen LogP contribution in [0, 0.1) is 11.8 Å². The van der Waals surface area contributed by atoms with Gasteiger partial charge in [0, 0.05) is 30.3 Å². The van der Waals surface area contributed by atoms with E-state index in [1.807, 2.05) is 6.07 Å². The lowest BCUT2D eigenvalue weighted by atomic mass is 9.93. The number of rotatable bonds is 6. The molecule has 1 aromatic rings. The topological polar surface area (TPSA) is 32.3 Å². The summed E-state index contributed by atoms with van der Waals surface area (Å²) in [7, 11) is 0. The molecule has 1 aliphatic rings. The van der Waals surface area contributed by atoms with E-state index in [9.17, 15) is 4.79 Å². The Kier molecular flexibility index (Phi) is 6.45. The monoisotopic (exact) mass is 340 g/mol. The number of carbonyl (C=O) groups excluding carboxylic acids is 1. The van der Waals surface area contributed by atoms with E-state index in [1.165, 1.54) is 17.7 Å². The highest BCUT2D eigenvalue weighted by Gasteiger charge is 2.21. The van der Waals surface area contributed by atoms with Gasteiger partial charge in [0.25, 0.3) is 0 Å². The van der Waals surface area contributed by atoms with Crippen molar-refractivity contribution in [3.63, 3.8) is 0 Å². The van der Waals surface area contributed by atoms with Gasteiger partial charge in [0.15, 0.2) is 0 Å². The highest BCUT2D eigenvalue weighted by atomic mass is 35.5. The smallest absolute Gasteiger partial charge is 0.229 e. The number of anilines is 1. The minimum Gasteiger partial charge on any atom is -0.371 e. The van der Waals surface area contributed by atoms with Gasteiger partial charge in [0.2, 0.25) is 5.91 Å². The number of amides is 1. The number of aryl methyl sites for hydroxylation is 1. The minimum atomic E-state index is 0.000318. The van der Waals surface area contributed by atoms with Crippen LogP contribution in [0.1, 0.15) is 25.8 Å². The molecule has 0 aromatic heterocycles. The van der Waals surface area contributed by atoms with E-state index in [1.54, 1.807) is 0 Å². The number of nitrogens with zero attached hydrogens (tertiary/aromatic N) is 1. The first-order valence-electron chi connectivity index (χ1n) is 7.92. The molecule has 5 heteroatoms. The van der Waals surface area contributed by atoms with E-state index in [2.05, 4.69) is 48.8 Å². The fraction of sp³-hybridized carbons (Fsp3) is 0.588. The van der Waals surface area contributed by atoms with Crippen LogP contribution >= 0.6 is 24.2 Å². The number of halogens is 1. The third-order valence-electron chi connectivity index (χ3n) is 4.50. The van der Waals surface area contributed by atoms with Crippen molar-refractivity contribution < 1.29 is 4.79 Å². The molecule has 0 spiro atoms. The average Bonchev–Trinajstić information content (AvgIpc) is 2.51. The summed E-state index contributed by atoms with van der Waals surface area (Å²) in [6.45, 7) is 7.25. The quantitative estimate of drug-likeness (QED) is 0.778. The van der Waals surface area contributed by atoms with Crippen LogP contribution in [0.25, 0.3) is 0 Å². The average molecular weight is 341 g/mol. The van der Waals surface area contributed by atoms with E-state index in [0.29, 0.717) is 18.4 Å². The van der Waals surface area contributed by atoms with Crippen LogP contribution in [0.2, 0.25) is 5.02 Å². The first kappa shape index (κ1) is 17.5. The first-order chi connectivity index (χ1) is 10.5. The summed E-state index contributed by atoms with van der Waals surface area (Å²) >= 11 is 10.1. The molecule has 122 valence electrons. The molecule has 2 unspecified atom stereocenters. The van der Waals surface area contributed by atoms with Crippen LogP contribution in [0.4, 0.5) is 5.69 Å². The third kappa shape index (κ3) is 4.56. The Morgan fingerprint density at radius 1 is 1.41 bits per heavy atom. The van der Waals surface area contributed by atoms with Gasteiger partial charge in [-0.05, 0) is 48.4 Å². The Hall–Kier alpha value is -0.870. The molecule has 1 amide bonds. The highest BCUT2D eigenvalue weighted by Crippen LogP contribution is 2.30. The van der Waals surface area contributed by atoms with E-state index in [4.69, 9.17) is 11.6 Å². The second-order valence-electron chi connectivity index (χ2n) is 6.24. The van der Waals surface area contributed by atoms with Gasteiger partial charge >= 0.3 is 0 Å². The summed E-state index contributed by atoms with van der Waals surface area (Å²) in [5.74, 6) is 1.19. The van der Waals surface area contributed by atoms with E-state index >= 15 is 0 Å². The largest absolute Gasteiger partial charge is 0.371 e. The van der Waals surface area contributed by atoms with Crippen molar-refractivity contribution in [1.82, 2.24) is 5.32 Å². The predicted molar refractivity (Wildman–Crippen MR) is 97.2 cm³/mol. The van der Waals surface area contributed by atoms with Crippen LogP contribution in [-0.4, -0.2) is 31.3 Å². The van der Waals surface area contributed by atoms with E-state index < -0.39 is 0 Å². The van der Waals surface area contributed by atoms with Gasteiger partial charge in [-0.1, -0.05) is 25.4 Å². The highest BCUT2D eigenvalue weighted by molar-refractivity contribution is 7.81. The molecular weight excluding hydrogens is 316 g/mol. The molecule has 0 fully saturated rings. The van der Waals surface area contributed by atoms with Crippen LogP contribution in [0.15, 0.2) is 18.2 Å². The van der Waals surface area contributed by atoms with Crippen molar-refractivity contribution >= 4 is 35.8 Å². The number of nitrogens with one attached hydrogen (secondary N) is 1. The summed E-state index contributed by atoms with van der Waals surface area (Å²) in [6.07, 6.45) is 2.28. The lowest BCUT2D eigenvalue weighted by Crippen LogP contribution is -2.38. The Labute approximate surface area is 143 Å². The van der Waals surface area contributed by atoms with Crippen molar-refractivity contribution in [1.29, 1.82) is 0 Å². The Morgan fingerprint density at radius 3 is 2.91 bits per heavy atom. The lowest BCUT2D eigenvalue weighted by Gasteiger charge is -2.35. The molecule has 22 heavy (non-hydrogen) atoms. The predicted octanol–water partition coefficient (Wildman–Crippen LogP) is 3.41. The Bertz CT molecular complexity index is 523. The molecule has 3 nitrogen and oxygen atoms in total. The second-order valence-corrected chi connectivity index (χ2v) is 6.99. The summed E-state index contributed by atoms with van der Waals surface area (Å²) in [6, 6.07) is 6.20. The number of hydrogen-bond donors (Lipinski definition) is 2. The maximum absolute atomic E-state index is 11.3. The number of benzene rings is 1. The Balaban J connectivity index is 1.95. The van der Waals surface area contributed by atoms with Gasteiger partial charge in [-0.2, -0.15) is 12.6 Å². The normalized spacial score (nSPS) is 16.8. The Morgan fingerprint density at radius 2 is 2.18 bits per heavy atom. The van der Waals surface area contributed by atoms with Crippen molar-refractivity contribution in [3.8, 4) is 0 Å². The molecule has 1 heterocycles. The fourth-order valence-electron chi connectivity index (χ4n) is 2.89. The van der Waals surface area contributed by atoms with E-state index in [0.717, 1.165) is 24.5 Å². The number of fused-ring (bicyclic) bond motifs is 1. The van der Waals surface area contributed by atoms with Gasteiger partial charge in [0.1, 0.15) is 0 Å². The van der Waals surface area contributed by atoms with Crippen molar-refractivity contribution in [3.05, 3.63) is 28.8 Å². The van der Waals surface area contributed by atoms with E-state index in [-0.39, 0.29) is 11.7 Å². The molecule has 0 saturated carbocycles. The van der Waals surface area contributed by atoms with Gasteiger partial charge in [0.05, 0.1) is 5.75 Å². The molecule has 2 rings (SSSR count). The number of hydrogen-bond acceptors (Lipinski definition) is 3. The maximum atomic E-state index is 11.3. The van der Waals surface area contributed by atoms with Crippen molar-refractivity contribution in [2.24, 2.45) is 11.8 Å². The zero-order chi connectivity index (χ0) is 16.1. The van der Waals surface area contributed by atoms with Crippen LogP contribution in [0.3, 0.4) is 0 Å². The summed E-state index contributed by atoms with van der Waals surface area (Å²) < 4.78 is 0. The molecule has 0 aliphatic carbocycles. The first-order valence-corrected chi connectivity index (χ1v) is 8.93. The van der Waals surface area contributed by atoms with Crippen molar-refractivity contribution in [2.75, 3.05) is 30.3 Å². The standard InChI is InChI=1S/C17H25ClN2OS/c1-12(9-19-17(21)11-22)13(2)10-20-7-3-4-14-8-15(18)5-6-16(14)20/h5-6,8,12-13,22H,3-4,7,9-11H2,1-2H3,(H,19,21). The zero-order valence-corrected chi connectivity index (χ0v) is 15.0. The van der Waals surface area contributed by atoms with Crippen LogP contribution < -0.4 is 10.2 Å². The van der Waals surface area contributed by atoms with Gasteiger partial charge in [-0.3, -0.25) is 4.79 Å². The minimum absolute atomic E-state index is 0.000318. The molecule has 0 radical (unpaired) electrons. The van der Waals surface area contributed by atoms with Gasteiger partial charge in [-0.25, -0.2) is 0 Å². The zero-order valence-electron chi connectivity index (χ0n) is 13.3. The molecule has 1 aromatic carbocycles. The molecule has 1 aliphatic heterocycles. The number of carbonyl (C=O) groups is 1. The summed E-state index contributed by atoms with van der Waals surface area (Å²) in [5.41, 5.74) is 2.66. The molecule has 0 bridgehead atoms. The maximum Gasteiger partial charge on any atom is 0.229 e. The van der Waals surface area contributed by atoms with Gasteiger partial charge in [-0.15, -0.1) is 0 Å². The van der Waals surface area contributed by atoms with Crippen molar-refractivity contribution in [2.45, 2.75) is 26.7 Å². The number of thiol groups is 1. The molecule has 1 N–H and O–H groups in total. The third-order valence-corrected chi connectivity index (χ3v) is 5.02. The molecular formula is C17H25ClN2OS. The molecule has 0 saturated heterocycles. The SMILES string of the molecule is CC(CNC(=O)CS)C(C)CN1CCCc2cc(Cl)ccc21. The summed E-state index contributed by atoms with van der Waals surface area (Å²) in [5, 5.41) is 3.74. The molecule has 2 atom stereocenters. The van der Waals surface area contributed by atoms with Gasteiger partial charge < -0.3 is 10.2 Å².